The molecule has 0 amide bonds. The average Bonchev–Trinajstić information content (AvgIpc) is 2.59. The van der Waals surface area contributed by atoms with Crippen molar-refractivity contribution in [1.29, 1.82) is 0 Å². The van der Waals surface area contributed by atoms with Crippen LogP contribution in [-0.2, 0) is 4.74 Å². The van der Waals surface area contributed by atoms with Gasteiger partial charge in [-0.25, -0.2) is 0 Å². The normalized spacial score (nSPS) is 22.2. The molecular weight excluding hydrogens is 292 g/mol. The van der Waals surface area contributed by atoms with E-state index in [1.807, 2.05) is 18.2 Å². The van der Waals surface area contributed by atoms with Crippen molar-refractivity contribution in [2.45, 2.75) is 44.9 Å². The third-order valence-corrected chi connectivity index (χ3v) is 4.32. The summed E-state index contributed by atoms with van der Waals surface area (Å²) in [5.74, 6) is 0.909. The highest BCUT2D eigenvalue weighted by molar-refractivity contribution is 5.35. The van der Waals surface area contributed by atoms with Crippen molar-refractivity contribution in [3.63, 3.8) is 0 Å². The maximum atomic E-state index is 8.78. The molecule has 1 aromatic carbocycles. The molecule has 1 aromatic rings. The Morgan fingerprint density at radius 3 is 2.83 bits per heavy atom. The summed E-state index contributed by atoms with van der Waals surface area (Å²) in [5, 5.41) is 8.78. The highest BCUT2D eigenvalue weighted by atomic mass is 16.5. The molecule has 0 spiro atoms. The second kappa shape index (κ2) is 9.88. The van der Waals surface area contributed by atoms with E-state index in [1.54, 1.807) is 0 Å². The van der Waals surface area contributed by atoms with Crippen LogP contribution in [0.15, 0.2) is 24.3 Å². The van der Waals surface area contributed by atoms with E-state index in [4.69, 9.17) is 20.3 Å². The van der Waals surface area contributed by atoms with Gasteiger partial charge >= 0.3 is 0 Å². The lowest BCUT2D eigenvalue weighted by Crippen LogP contribution is -2.51. The number of nitrogens with two attached hydrogens (primary N) is 1. The van der Waals surface area contributed by atoms with Crippen molar-refractivity contribution in [2.75, 3.05) is 32.9 Å². The molecule has 3 N–H and O–H groups in total. The van der Waals surface area contributed by atoms with Gasteiger partial charge in [-0.2, -0.15) is 0 Å². The third-order valence-electron chi connectivity index (χ3n) is 4.32. The topological polar surface area (TPSA) is 68.0 Å². The van der Waals surface area contributed by atoms with Gasteiger partial charge in [-0.3, -0.25) is 4.90 Å². The van der Waals surface area contributed by atoms with Gasteiger partial charge in [0.1, 0.15) is 5.75 Å². The van der Waals surface area contributed by atoms with Crippen molar-refractivity contribution in [2.24, 2.45) is 5.73 Å². The van der Waals surface area contributed by atoms with Crippen LogP contribution in [0.2, 0.25) is 0 Å². The zero-order chi connectivity index (χ0) is 16.5. The fourth-order valence-corrected chi connectivity index (χ4v) is 2.90. The summed E-state index contributed by atoms with van der Waals surface area (Å²) < 4.78 is 11.9. The summed E-state index contributed by atoms with van der Waals surface area (Å²) in [7, 11) is 0. The monoisotopic (exact) mass is 322 g/mol. The van der Waals surface area contributed by atoms with Crippen LogP contribution < -0.4 is 10.5 Å². The van der Waals surface area contributed by atoms with Crippen LogP contribution in [0.3, 0.4) is 0 Å². The first-order valence-corrected chi connectivity index (χ1v) is 8.70. The van der Waals surface area contributed by atoms with Gasteiger partial charge in [0.05, 0.1) is 25.5 Å². The van der Waals surface area contributed by atoms with Crippen LogP contribution in [0.5, 0.6) is 5.75 Å². The molecule has 0 radical (unpaired) electrons. The number of hydrogen-bond acceptors (Lipinski definition) is 5. The quantitative estimate of drug-likeness (QED) is 0.683. The van der Waals surface area contributed by atoms with E-state index < -0.39 is 0 Å². The summed E-state index contributed by atoms with van der Waals surface area (Å²) in [6.07, 6.45) is 4.01. The van der Waals surface area contributed by atoms with Crippen molar-refractivity contribution >= 4 is 0 Å². The molecule has 1 heterocycles. The van der Waals surface area contributed by atoms with Crippen molar-refractivity contribution in [3.8, 4) is 5.75 Å². The fraction of sp³-hybridized carbons (Fsp3) is 0.667. The van der Waals surface area contributed by atoms with Crippen molar-refractivity contribution < 1.29 is 14.6 Å². The number of ether oxygens (including phenoxy) is 2. The Balaban J connectivity index is 1.89. The van der Waals surface area contributed by atoms with E-state index in [9.17, 15) is 0 Å². The number of hydrogen-bond donors (Lipinski definition) is 2. The number of benzene rings is 1. The number of likely N-dealkylation sites (N-methyl/N-ethyl adjacent to an activating group) is 1. The summed E-state index contributed by atoms with van der Waals surface area (Å²) in [6, 6.07) is 8.11. The van der Waals surface area contributed by atoms with Crippen LogP contribution in [0.4, 0.5) is 0 Å². The second-order valence-electron chi connectivity index (χ2n) is 6.00. The lowest BCUT2D eigenvalue weighted by Gasteiger charge is -2.37. The van der Waals surface area contributed by atoms with Gasteiger partial charge < -0.3 is 20.3 Å². The molecule has 0 aromatic heterocycles. The molecule has 1 aliphatic heterocycles. The van der Waals surface area contributed by atoms with Crippen molar-refractivity contribution in [3.05, 3.63) is 29.8 Å². The van der Waals surface area contributed by atoms with E-state index >= 15 is 0 Å². The van der Waals surface area contributed by atoms with Crippen LogP contribution in [0, 0.1) is 0 Å². The fourth-order valence-electron chi connectivity index (χ4n) is 2.90. The van der Waals surface area contributed by atoms with Crippen LogP contribution in [0.25, 0.3) is 0 Å². The lowest BCUT2D eigenvalue weighted by atomic mass is 10.1. The molecule has 1 saturated heterocycles. The summed E-state index contributed by atoms with van der Waals surface area (Å²) in [6.45, 7) is 5.37. The maximum Gasteiger partial charge on any atom is 0.125 e. The van der Waals surface area contributed by atoms with Gasteiger partial charge in [-0.15, -0.1) is 0 Å². The first-order chi connectivity index (χ1) is 11.3. The largest absolute Gasteiger partial charge is 0.493 e. The third kappa shape index (κ3) is 5.46. The Kier molecular flexibility index (Phi) is 7.82. The summed E-state index contributed by atoms with van der Waals surface area (Å²) in [5.41, 5.74) is 7.16. The van der Waals surface area contributed by atoms with E-state index in [1.165, 1.54) is 0 Å². The Morgan fingerprint density at radius 1 is 1.26 bits per heavy atom. The van der Waals surface area contributed by atoms with E-state index in [-0.39, 0.29) is 18.9 Å². The number of morpholine rings is 1. The number of nitrogens with zero attached hydrogens (tertiary/aromatic N) is 1. The van der Waals surface area contributed by atoms with E-state index in [0.717, 1.165) is 50.1 Å². The zero-order valence-electron chi connectivity index (χ0n) is 14.1. The molecule has 2 atom stereocenters. The highest BCUT2D eigenvalue weighted by Crippen LogP contribution is 2.31. The van der Waals surface area contributed by atoms with Gasteiger partial charge in [0, 0.05) is 18.7 Å². The van der Waals surface area contributed by atoms with Gasteiger partial charge in [0.15, 0.2) is 0 Å². The average molecular weight is 322 g/mol. The molecular formula is C18H30N2O3. The molecule has 0 bridgehead atoms. The molecule has 2 rings (SSSR count). The minimum atomic E-state index is -0.0177. The predicted octanol–water partition coefficient (Wildman–Crippen LogP) is 2.30. The number of aliphatic hydroxyl groups is 1. The van der Waals surface area contributed by atoms with Crippen LogP contribution >= 0.6 is 0 Å². The smallest absolute Gasteiger partial charge is 0.125 e. The molecule has 5 nitrogen and oxygen atoms in total. The molecule has 0 aliphatic carbocycles. The first-order valence-electron chi connectivity index (χ1n) is 8.70. The highest BCUT2D eigenvalue weighted by Gasteiger charge is 2.28. The van der Waals surface area contributed by atoms with Gasteiger partial charge in [0.2, 0.25) is 0 Å². The standard InChI is InChI=1S/C18H30N2O3/c1-2-20-13-17(23-14-18(20)19)15-9-5-6-10-16(15)22-12-8-4-3-7-11-21/h5-6,9-10,17-18,21H,2-4,7-8,11-14,19H2,1H3. The number of unbranched alkanes of at least 4 members (excludes halogenated alkanes) is 3. The number of rotatable bonds is 9. The first kappa shape index (κ1) is 18.2. The number of aliphatic hydroxyl groups excluding tert-OH is 1. The Hall–Kier alpha value is -1.14. The summed E-state index contributed by atoms with van der Waals surface area (Å²) in [4.78, 5) is 2.24. The molecule has 23 heavy (non-hydrogen) atoms. The second-order valence-corrected chi connectivity index (χ2v) is 6.00. The van der Waals surface area contributed by atoms with E-state index in [0.29, 0.717) is 13.2 Å². The predicted molar refractivity (Wildman–Crippen MR) is 91.4 cm³/mol. The molecule has 5 heteroatoms. The van der Waals surface area contributed by atoms with Crippen LogP contribution in [0.1, 0.15) is 44.3 Å². The molecule has 0 saturated carbocycles. The molecule has 1 aliphatic rings. The lowest BCUT2D eigenvalue weighted by molar-refractivity contribution is -0.0624. The number of para-hydroxylation sites is 1. The Bertz CT molecular complexity index is 456. The maximum absolute atomic E-state index is 8.78. The van der Waals surface area contributed by atoms with Gasteiger partial charge in [-0.1, -0.05) is 31.5 Å². The molecule has 130 valence electrons. The van der Waals surface area contributed by atoms with Gasteiger partial charge in [-0.05, 0) is 31.9 Å². The molecule has 1 fully saturated rings. The minimum Gasteiger partial charge on any atom is -0.493 e. The Labute approximate surface area is 139 Å². The van der Waals surface area contributed by atoms with Gasteiger partial charge in [0.25, 0.3) is 0 Å². The van der Waals surface area contributed by atoms with E-state index in [2.05, 4.69) is 17.9 Å². The Morgan fingerprint density at radius 2 is 2.04 bits per heavy atom. The summed E-state index contributed by atoms with van der Waals surface area (Å²) >= 11 is 0. The minimum absolute atomic E-state index is 0.0142. The SMILES string of the molecule is CCN1CC(c2ccccc2OCCCCCCO)OCC1N. The zero-order valence-corrected chi connectivity index (χ0v) is 14.1. The molecule has 2 unspecified atom stereocenters. The van der Waals surface area contributed by atoms with Crippen molar-refractivity contribution in [1.82, 2.24) is 4.90 Å². The van der Waals surface area contributed by atoms with Crippen LogP contribution in [-0.4, -0.2) is 49.1 Å².